The topological polar surface area (TPSA) is 70.7 Å². The van der Waals surface area contributed by atoms with Crippen molar-refractivity contribution in [1.29, 1.82) is 0 Å². The Labute approximate surface area is 208 Å². The predicted molar refractivity (Wildman–Crippen MR) is 139 cm³/mol. The molecule has 5 aromatic rings. The van der Waals surface area contributed by atoms with Gasteiger partial charge in [0.15, 0.2) is 11.0 Å². The Bertz CT molecular complexity index is 1380. The zero-order chi connectivity index (χ0) is 24.0. The lowest BCUT2D eigenvalue weighted by Gasteiger charge is -2.09. The lowest BCUT2D eigenvalue weighted by molar-refractivity contribution is 0.415. The summed E-state index contributed by atoms with van der Waals surface area (Å²) < 4.78 is 9.47. The van der Waals surface area contributed by atoms with E-state index in [2.05, 4.69) is 45.0 Å². The Morgan fingerprint density at radius 3 is 2.37 bits per heavy atom. The molecule has 0 fully saturated rings. The van der Waals surface area contributed by atoms with E-state index in [4.69, 9.17) is 9.84 Å². The summed E-state index contributed by atoms with van der Waals surface area (Å²) in [7, 11) is 1.67. The molecule has 0 amide bonds. The molecule has 5 rings (SSSR count). The van der Waals surface area contributed by atoms with Gasteiger partial charge >= 0.3 is 0 Å². The molecule has 3 heterocycles. The molecule has 0 saturated heterocycles. The van der Waals surface area contributed by atoms with Crippen LogP contribution in [-0.4, -0.2) is 36.6 Å². The van der Waals surface area contributed by atoms with E-state index in [1.54, 1.807) is 31.3 Å². The summed E-state index contributed by atoms with van der Waals surface area (Å²) in [6.45, 7) is 3.01. The molecule has 0 spiro atoms. The van der Waals surface area contributed by atoms with Gasteiger partial charge in [-0.05, 0) is 55.0 Å². The van der Waals surface area contributed by atoms with Crippen molar-refractivity contribution in [3.05, 3.63) is 90.9 Å². The second-order valence-corrected chi connectivity index (χ2v) is 8.94. The molecule has 0 aliphatic heterocycles. The van der Waals surface area contributed by atoms with Crippen LogP contribution in [-0.2, 0) is 12.3 Å². The van der Waals surface area contributed by atoms with Gasteiger partial charge in [0.25, 0.3) is 0 Å². The molecule has 2 aromatic carbocycles. The molecular formula is C27H26N6OS. The molecule has 0 saturated carbocycles. The third-order valence-corrected chi connectivity index (χ3v) is 6.65. The van der Waals surface area contributed by atoms with Crippen LogP contribution in [0.15, 0.2) is 90.5 Å². The van der Waals surface area contributed by atoms with Gasteiger partial charge in [0.05, 0.1) is 18.5 Å². The molecule has 0 bridgehead atoms. The number of hydrogen-bond donors (Lipinski definition) is 0. The Hall–Kier alpha value is -3.91. The number of benzene rings is 2. The van der Waals surface area contributed by atoms with E-state index >= 15 is 0 Å². The third-order valence-electron chi connectivity index (χ3n) is 5.63. The largest absolute Gasteiger partial charge is 0.497 e. The van der Waals surface area contributed by atoms with Gasteiger partial charge in [0.2, 0.25) is 0 Å². The van der Waals surface area contributed by atoms with Crippen LogP contribution >= 0.6 is 11.8 Å². The van der Waals surface area contributed by atoms with E-state index in [0.29, 0.717) is 5.75 Å². The second kappa shape index (κ2) is 10.6. The summed E-state index contributed by atoms with van der Waals surface area (Å²) in [5.74, 6) is 2.41. The smallest absolute Gasteiger partial charge is 0.191 e. The van der Waals surface area contributed by atoms with Crippen LogP contribution in [0.5, 0.6) is 5.75 Å². The fraction of sp³-hybridized carbons (Fsp3) is 0.185. The predicted octanol–water partition coefficient (Wildman–Crippen LogP) is 5.90. The highest BCUT2D eigenvalue weighted by Crippen LogP contribution is 2.32. The van der Waals surface area contributed by atoms with Crippen molar-refractivity contribution >= 4 is 11.8 Å². The molecule has 0 radical (unpaired) electrons. The lowest BCUT2D eigenvalue weighted by Crippen LogP contribution is -2.02. The molecule has 8 heteroatoms. The first-order valence-corrected chi connectivity index (χ1v) is 12.5. The van der Waals surface area contributed by atoms with Gasteiger partial charge in [-0.15, -0.1) is 10.2 Å². The molecule has 176 valence electrons. The molecule has 0 N–H and O–H groups in total. The van der Waals surface area contributed by atoms with Gasteiger partial charge in [0, 0.05) is 47.6 Å². The minimum Gasteiger partial charge on any atom is -0.497 e. The number of aromatic nitrogens is 6. The quantitative estimate of drug-likeness (QED) is 0.244. The van der Waals surface area contributed by atoms with Crippen molar-refractivity contribution in [3.8, 4) is 34.1 Å². The maximum Gasteiger partial charge on any atom is 0.191 e. The first kappa shape index (κ1) is 22.9. The van der Waals surface area contributed by atoms with Crippen molar-refractivity contribution in [2.45, 2.75) is 30.8 Å². The average Bonchev–Trinajstić information content (AvgIpc) is 3.53. The fourth-order valence-electron chi connectivity index (χ4n) is 3.90. The van der Waals surface area contributed by atoms with E-state index in [9.17, 15) is 0 Å². The number of rotatable bonds is 9. The maximum atomic E-state index is 5.34. The molecule has 0 aliphatic carbocycles. The standard InChI is InChI=1S/C27H26N6OS/c1-3-17-32-26(21-13-15-28-16-14-21)29-30-27(32)35-19-22-18-33(23-7-5-4-6-8-23)31-25(22)20-9-11-24(34-2)12-10-20/h4-16,18H,3,17,19H2,1-2H3. The van der Waals surface area contributed by atoms with Crippen molar-refractivity contribution < 1.29 is 4.74 Å². The monoisotopic (exact) mass is 482 g/mol. The molecule has 0 atom stereocenters. The van der Waals surface area contributed by atoms with Crippen LogP contribution in [0.2, 0.25) is 0 Å². The van der Waals surface area contributed by atoms with Gasteiger partial charge in [-0.2, -0.15) is 5.10 Å². The van der Waals surface area contributed by atoms with Gasteiger partial charge in [-0.25, -0.2) is 4.68 Å². The fourth-order valence-corrected chi connectivity index (χ4v) is 4.83. The number of methoxy groups -OCH3 is 1. The number of thioether (sulfide) groups is 1. The van der Waals surface area contributed by atoms with Crippen LogP contribution in [0.25, 0.3) is 28.3 Å². The minimum atomic E-state index is 0.715. The lowest BCUT2D eigenvalue weighted by atomic mass is 10.1. The Morgan fingerprint density at radius 2 is 1.66 bits per heavy atom. The highest BCUT2D eigenvalue weighted by atomic mass is 32.2. The van der Waals surface area contributed by atoms with E-state index < -0.39 is 0 Å². The summed E-state index contributed by atoms with van der Waals surface area (Å²) in [6, 6.07) is 22.1. The van der Waals surface area contributed by atoms with Crippen LogP contribution in [0.4, 0.5) is 0 Å². The van der Waals surface area contributed by atoms with Crippen LogP contribution in [0, 0.1) is 0 Å². The van der Waals surface area contributed by atoms with Crippen molar-refractivity contribution in [3.63, 3.8) is 0 Å². The number of nitrogens with zero attached hydrogens (tertiary/aromatic N) is 6. The van der Waals surface area contributed by atoms with Crippen LogP contribution < -0.4 is 4.74 Å². The first-order valence-electron chi connectivity index (χ1n) is 11.5. The Balaban J connectivity index is 1.48. The van der Waals surface area contributed by atoms with E-state index in [1.165, 1.54) is 0 Å². The maximum absolute atomic E-state index is 5.34. The summed E-state index contributed by atoms with van der Waals surface area (Å²) in [4.78, 5) is 4.13. The first-order chi connectivity index (χ1) is 17.3. The minimum absolute atomic E-state index is 0.715. The van der Waals surface area contributed by atoms with Crippen molar-refractivity contribution in [1.82, 2.24) is 29.5 Å². The summed E-state index contributed by atoms with van der Waals surface area (Å²) in [5, 5.41) is 14.9. The zero-order valence-corrected chi connectivity index (χ0v) is 20.5. The van der Waals surface area contributed by atoms with Gasteiger partial charge < -0.3 is 9.30 Å². The van der Waals surface area contributed by atoms with Crippen molar-refractivity contribution in [2.75, 3.05) is 7.11 Å². The zero-order valence-electron chi connectivity index (χ0n) is 19.7. The average molecular weight is 483 g/mol. The van der Waals surface area contributed by atoms with Crippen LogP contribution in [0.1, 0.15) is 18.9 Å². The third kappa shape index (κ3) is 4.97. The number of hydrogen-bond acceptors (Lipinski definition) is 6. The molecule has 0 aliphatic rings. The van der Waals surface area contributed by atoms with Gasteiger partial charge in [0.1, 0.15) is 5.75 Å². The van der Waals surface area contributed by atoms with Gasteiger partial charge in [-0.1, -0.05) is 36.9 Å². The van der Waals surface area contributed by atoms with E-state index in [-0.39, 0.29) is 0 Å². The summed E-state index contributed by atoms with van der Waals surface area (Å²) in [5.41, 5.74) is 5.15. The Kier molecular flexibility index (Phi) is 6.90. The SMILES string of the molecule is CCCn1c(SCc2cn(-c3ccccc3)nc2-c2ccc(OC)cc2)nnc1-c1ccncc1. The molecular weight excluding hydrogens is 456 g/mol. The second-order valence-electron chi connectivity index (χ2n) is 7.99. The van der Waals surface area contributed by atoms with Crippen molar-refractivity contribution in [2.24, 2.45) is 0 Å². The number of pyridine rings is 1. The molecule has 0 unspecified atom stereocenters. The van der Waals surface area contributed by atoms with Crippen LogP contribution in [0.3, 0.4) is 0 Å². The summed E-state index contributed by atoms with van der Waals surface area (Å²) >= 11 is 1.68. The summed E-state index contributed by atoms with van der Waals surface area (Å²) in [6.07, 6.45) is 6.66. The van der Waals surface area contributed by atoms with Gasteiger partial charge in [-0.3, -0.25) is 4.98 Å². The highest BCUT2D eigenvalue weighted by Gasteiger charge is 2.17. The highest BCUT2D eigenvalue weighted by molar-refractivity contribution is 7.98. The molecule has 35 heavy (non-hydrogen) atoms. The van der Waals surface area contributed by atoms with E-state index in [1.807, 2.05) is 59.3 Å². The molecule has 3 aromatic heterocycles. The molecule has 7 nitrogen and oxygen atoms in total. The Morgan fingerprint density at radius 1 is 0.886 bits per heavy atom. The number of para-hydroxylation sites is 1. The van der Waals surface area contributed by atoms with E-state index in [0.717, 1.165) is 57.8 Å². The number of ether oxygens (including phenoxy) is 1. The normalized spacial score (nSPS) is 11.0.